The lowest BCUT2D eigenvalue weighted by Crippen LogP contribution is -2.40. The maximum absolute atomic E-state index is 13.5. The summed E-state index contributed by atoms with van der Waals surface area (Å²) >= 11 is 1.69. The van der Waals surface area contributed by atoms with Crippen molar-refractivity contribution in [1.82, 2.24) is 14.5 Å². The number of hydrogen-bond acceptors (Lipinski definition) is 4. The molecule has 0 radical (unpaired) electrons. The molecule has 1 aromatic carbocycles. The molecule has 1 N–H and O–H groups in total. The summed E-state index contributed by atoms with van der Waals surface area (Å²) in [6, 6.07) is 12.2. The fourth-order valence-electron chi connectivity index (χ4n) is 4.22. The van der Waals surface area contributed by atoms with Gasteiger partial charge in [0, 0.05) is 23.7 Å². The van der Waals surface area contributed by atoms with Gasteiger partial charge in [0.1, 0.15) is 6.04 Å². The minimum absolute atomic E-state index is 0.136. The average molecular weight is 379 g/mol. The number of aromatic nitrogens is 2. The fourth-order valence-corrected chi connectivity index (χ4v) is 5.05. The van der Waals surface area contributed by atoms with Crippen molar-refractivity contribution in [3.8, 4) is 0 Å². The minimum atomic E-state index is -0.136. The van der Waals surface area contributed by atoms with Gasteiger partial charge in [-0.3, -0.25) is 9.36 Å². The van der Waals surface area contributed by atoms with Gasteiger partial charge in [-0.25, -0.2) is 4.98 Å². The van der Waals surface area contributed by atoms with Crippen LogP contribution in [0.15, 0.2) is 53.0 Å². The third kappa shape index (κ3) is 2.67. The van der Waals surface area contributed by atoms with Gasteiger partial charge in [0.05, 0.1) is 16.6 Å². The van der Waals surface area contributed by atoms with E-state index in [4.69, 9.17) is 4.98 Å². The molecule has 6 heteroatoms. The normalized spacial score (nSPS) is 19.9. The molecule has 4 heterocycles. The van der Waals surface area contributed by atoms with E-state index in [0.29, 0.717) is 0 Å². The Morgan fingerprint density at radius 3 is 2.74 bits per heavy atom. The maximum Gasteiger partial charge on any atom is 0.254 e. The lowest BCUT2D eigenvalue weighted by Gasteiger charge is -2.34. The Labute approximate surface area is 162 Å². The van der Waals surface area contributed by atoms with Gasteiger partial charge in [-0.1, -0.05) is 18.2 Å². The minimum Gasteiger partial charge on any atom is -0.339 e. The Kier molecular flexibility index (Phi) is 4.01. The Morgan fingerprint density at radius 1 is 1.15 bits per heavy atom. The summed E-state index contributed by atoms with van der Waals surface area (Å²) in [6.45, 7) is 3.70. The van der Waals surface area contributed by atoms with Gasteiger partial charge in [-0.15, -0.1) is 11.3 Å². The highest BCUT2D eigenvalue weighted by atomic mass is 32.1. The SMILES string of the molecule is CC1=C(C(=O)N2CCCCC2)C(c2cccs2)n2c(nc3ccccc32)N1. The number of para-hydroxylation sites is 2. The first-order chi connectivity index (χ1) is 13.2. The molecule has 0 spiro atoms. The second kappa shape index (κ2) is 6.53. The monoisotopic (exact) mass is 378 g/mol. The van der Waals surface area contributed by atoms with E-state index in [1.165, 1.54) is 11.3 Å². The van der Waals surface area contributed by atoms with Gasteiger partial charge in [0.15, 0.2) is 0 Å². The van der Waals surface area contributed by atoms with Crippen LogP contribution in [0.5, 0.6) is 0 Å². The standard InChI is InChI=1S/C21H22N4OS/c1-14-18(20(26)24-11-5-2-6-12-24)19(17-10-7-13-27-17)25-16-9-4-3-8-15(16)23-21(25)22-14/h3-4,7-10,13,19H,2,5-6,11-12H2,1H3,(H,22,23). The van der Waals surface area contributed by atoms with Crippen molar-refractivity contribution in [1.29, 1.82) is 0 Å². The third-order valence-electron chi connectivity index (χ3n) is 5.52. The lowest BCUT2D eigenvalue weighted by molar-refractivity contribution is -0.128. The molecule has 3 aromatic rings. The van der Waals surface area contributed by atoms with Crippen molar-refractivity contribution < 1.29 is 4.79 Å². The summed E-state index contributed by atoms with van der Waals surface area (Å²) in [7, 11) is 0. The Balaban J connectivity index is 1.68. The van der Waals surface area contributed by atoms with Crippen LogP contribution in [-0.2, 0) is 4.79 Å². The Morgan fingerprint density at radius 2 is 1.96 bits per heavy atom. The molecular formula is C21H22N4OS. The molecule has 2 aliphatic heterocycles. The van der Waals surface area contributed by atoms with Crippen LogP contribution in [0.4, 0.5) is 5.95 Å². The third-order valence-corrected chi connectivity index (χ3v) is 6.44. The topological polar surface area (TPSA) is 50.2 Å². The number of anilines is 1. The van der Waals surface area contributed by atoms with Crippen LogP contribution in [0.1, 0.15) is 37.1 Å². The number of carbonyl (C=O) groups excluding carboxylic acids is 1. The molecule has 138 valence electrons. The van der Waals surface area contributed by atoms with Crippen LogP contribution in [-0.4, -0.2) is 33.4 Å². The molecular weight excluding hydrogens is 356 g/mol. The first-order valence-corrected chi connectivity index (χ1v) is 10.4. The van der Waals surface area contributed by atoms with E-state index in [9.17, 15) is 4.79 Å². The van der Waals surface area contributed by atoms with Crippen molar-refractivity contribution in [3.05, 3.63) is 57.9 Å². The molecule has 0 aliphatic carbocycles. The molecule has 1 unspecified atom stereocenters. The van der Waals surface area contributed by atoms with Crippen LogP contribution >= 0.6 is 11.3 Å². The summed E-state index contributed by atoms with van der Waals surface area (Å²) < 4.78 is 2.19. The van der Waals surface area contributed by atoms with Crippen LogP contribution in [0.25, 0.3) is 11.0 Å². The second-order valence-corrected chi connectivity index (χ2v) is 8.21. The van der Waals surface area contributed by atoms with Crippen LogP contribution in [0.3, 0.4) is 0 Å². The van der Waals surface area contributed by atoms with Gasteiger partial charge in [0.25, 0.3) is 5.91 Å². The first-order valence-electron chi connectivity index (χ1n) is 9.51. The van der Waals surface area contributed by atoms with Gasteiger partial charge in [-0.05, 0) is 49.8 Å². The number of benzene rings is 1. The van der Waals surface area contributed by atoms with Crippen molar-refractivity contribution in [2.45, 2.75) is 32.2 Å². The number of carbonyl (C=O) groups is 1. The zero-order valence-electron chi connectivity index (χ0n) is 15.3. The number of rotatable bonds is 2. The average Bonchev–Trinajstić information content (AvgIpc) is 3.35. The molecule has 27 heavy (non-hydrogen) atoms. The molecule has 5 nitrogen and oxygen atoms in total. The number of amides is 1. The van der Waals surface area contributed by atoms with Crippen LogP contribution < -0.4 is 5.32 Å². The highest BCUT2D eigenvalue weighted by Crippen LogP contribution is 2.41. The smallest absolute Gasteiger partial charge is 0.254 e. The van der Waals surface area contributed by atoms with E-state index in [-0.39, 0.29) is 11.9 Å². The molecule has 1 fully saturated rings. The van der Waals surface area contributed by atoms with E-state index in [0.717, 1.165) is 54.2 Å². The van der Waals surface area contributed by atoms with Crippen molar-refractivity contribution in [2.75, 3.05) is 18.4 Å². The molecule has 2 aliphatic rings. The summed E-state index contributed by atoms with van der Waals surface area (Å²) in [6.07, 6.45) is 3.40. The number of likely N-dealkylation sites (tertiary alicyclic amines) is 1. The lowest BCUT2D eigenvalue weighted by atomic mass is 9.98. The number of piperidine rings is 1. The largest absolute Gasteiger partial charge is 0.339 e. The molecule has 1 saturated heterocycles. The zero-order valence-corrected chi connectivity index (χ0v) is 16.1. The Bertz CT molecular complexity index is 1030. The summed E-state index contributed by atoms with van der Waals surface area (Å²) in [4.78, 5) is 21.5. The molecule has 2 aromatic heterocycles. The predicted octanol–water partition coefficient (Wildman–Crippen LogP) is 4.40. The van der Waals surface area contributed by atoms with Crippen LogP contribution in [0.2, 0.25) is 0 Å². The zero-order chi connectivity index (χ0) is 18.4. The van der Waals surface area contributed by atoms with Gasteiger partial charge >= 0.3 is 0 Å². The van der Waals surface area contributed by atoms with Crippen molar-refractivity contribution in [2.24, 2.45) is 0 Å². The van der Waals surface area contributed by atoms with Crippen molar-refractivity contribution in [3.63, 3.8) is 0 Å². The number of allylic oxidation sites excluding steroid dienone is 1. The summed E-state index contributed by atoms with van der Waals surface area (Å²) in [5.74, 6) is 0.962. The van der Waals surface area contributed by atoms with Crippen LogP contribution in [0, 0.1) is 0 Å². The fraction of sp³-hybridized carbons (Fsp3) is 0.333. The first kappa shape index (κ1) is 16.6. The van der Waals surface area contributed by atoms with Crippen molar-refractivity contribution >= 4 is 34.2 Å². The van der Waals surface area contributed by atoms with Gasteiger partial charge in [-0.2, -0.15) is 0 Å². The summed E-state index contributed by atoms with van der Waals surface area (Å²) in [5, 5.41) is 5.48. The number of nitrogens with zero attached hydrogens (tertiary/aromatic N) is 3. The molecule has 5 rings (SSSR count). The highest BCUT2D eigenvalue weighted by Gasteiger charge is 2.36. The van der Waals surface area contributed by atoms with E-state index in [2.05, 4.69) is 33.5 Å². The number of nitrogens with one attached hydrogen (secondary N) is 1. The Hall–Kier alpha value is -2.60. The molecule has 1 amide bonds. The van der Waals surface area contributed by atoms with E-state index in [1.54, 1.807) is 11.3 Å². The predicted molar refractivity (Wildman–Crippen MR) is 109 cm³/mol. The van der Waals surface area contributed by atoms with Gasteiger partial charge < -0.3 is 10.2 Å². The quantitative estimate of drug-likeness (QED) is 0.719. The maximum atomic E-state index is 13.5. The number of hydrogen-bond donors (Lipinski definition) is 1. The van der Waals surface area contributed by atoms with Gasteiger partial charge in [0.2, 0.25) is 5.95 Å². The molecule has 1 atom stereocenters. The molecule has 0 saturated carbocycles. The number of fused-ring (bicyclic) bond motifs is 3. The van der Waals surface area contributed by atoms with E-state index < -0.39 is 0 Å². The second-order valence-electron chi connectivity index (χ2n) is 7.23. The highest BCUT2D eigenvalue weighted by molar-refractivity contribution is 7.10. The molecule has 0 bridgehead atoms. The number of imidazole rings is 1. The summed E-state index contributed by atoms with van der Waals surface area (Å²) in [5.41, 5.74) is 3.75. The van der Waals surface area contributed by atoms with E-state index >= 15 is 0 Å². The van der Waals surface area contributed by atoms with E-state index in [1.807, 2.05) is 30.0 Å². The number of thiophene rings is 1.